The molecule has 106 valence electrons. The van der Waals surface area contributed by atoms with Gasteiger partial charge in [-0.2, -0.15) is 5.26 Å². The Labute approximate surface area is 126 Å². The normalized spacial score (nSPS) is 21.8. The molecule has 1 fully saturated rings. The van der Waals surface area contributed by atoms with Crippen LogP contribution in [0.15, 0.2) is 54.6 Å². The summed E-state index contributed by atoms with van der Waals surface area (Å²) in [6.07, 6.45) is 1.92. The van der Waals surface area contributed by atoms with Gasteiger partial charge in [0.2, 0.25) is 0 Å². The summed E-state index contributed by atoms with van der Waals surface area (Å²) in [4.78, 5) is 2.45. The zero-order valence-electron chi connectivity index (χ0n) is 12.4. The number of benzene rings is 2. The van der Waals surface area contributed by atoms with Crippen molar-refractivity contribution in [3.63, 3.8) is 0 Å². The van der Waals surface area contributed by atoms with Crippen molar-refractivity contribution >= 4 is 5.69 Å². The van der Waals surface area contributed by atoms with Crippen molar-refractivity contribution in [2.75, 3.05) is 11.4 Å². The second kappa shape index (κ2) is 6.01. The van der Waals surface area contributed by atoms with E-state index in [1.165, 1.54) is 16.8 Å². The first-order valence-corrected chi connectivity index (χ1v) is 7.60. The fraction of sp³-hybridized carbons (Fsp3) is 0.316. The van der Waals surface area contributed by atoms with Crippen LogP contribution in [0.1, 0.15) is 19.8 Å². The molecule has 0 bridgehead atoms. The fourth-order valence-electron chi connectivity index (χ4n) is 3.23. The molecule has 1 heterocycles. The zero-order chi connectivity index (χ0) is 14.7. The Balaban J connectivity index is 1.95. The molecule has 0 N–H and O–H groups in total. The first kappa shape index (κ1) is 13.7. The minimum Gasteiger partial charge on any atom is -0.368 e. The lowest BCUT2D eigenvalue weighted by Crippen LogP contribution is -2.40. The van der Waals surface area contributed by atoms with Crippen LogP contribution in [-0.2, 0) is 0 Å². The van der Waals surface area contributed by atoms with Crippen molar-refractivity contribution in [3.05, 3.63) is 54.6 Å². The summed E-state index contributed by atoms with van der Waals surface area (Å²) in [6.45, 7) is 3.19. The first-order valence-electron chi connectivity index (χ1n) is 7.60. The Bertz CT molecular complexity index is 642. The summed E-state index contributed by atoms with van der Waals surface area (Å²) in [5.41, 5.74) is 3.82. The van der Waals surface area contributed by atoms with Gasteiger partial charge in [-0.25, -0.2) is 0 Å². The molecule has 0 saturated carbocycles. The van der Waals surface area contributed by atoms with Crippen LogP contribution in [0.3, 0.4) is 0 Å². The van der Waals surface area contributed by atoms with Crippen LogP contribution in [-0.4, -0.2) is 12.6 Å². The maximum Gasteiger partial charge on any atom is 0.0657 e. The zero-order valence-corrected chi connectivity index (χ0v) is 12.4. The number of nitriles is 1. The van der Waals surface area contributed by atoms with E-state index in [4.69, 9.17) is 5.26 Å². The third kappa shape index (κ3) is 2.78. The molecule has 2 atom stereocenters. The molecule has 1 aliphatic rings. The lowest BCUT2D eigenvalue weighted by molar-refractivity contribution is 0.416. The monoisotopic (exact) mass is 276 g/mol. The molecular formula is C19H20N2. The number of hydrogen-bond acceptors (Lipinski definition) is 2. The largest absolute Gasteiger partial charge is 0.368 e. The maximum atomic E-state index is 9.13. The molecule has 21 heavy (non-hydrogen) atoms. The molecule has 3 rings (SSSR count). The number of nitrogens with zero attached hydrogens (tertiary/aromatic N) is 2. The van der Waals surface area contributed by atoms with Gasteiger partial charge in [-0.05, 0) is 31.4 Å². The molecule has 2 unspecified atom stereocenters. The Morgan fingerprint density at radius 1 is 1.05 bits per heavy atom. The number of para-hydroxylation sites is 1. The molecule has 0 aliphatic carbocycles. The predicted octanol–water partition coefficient (Wildman–Crippen LogP) is 4.48. The molecule has 0 amide bonds. The molecular weight excluding hydrogens is 256 g/mol. The summed E-state index contributed by atoms with van der Waals surface area (Å²) in [6, 6.07) is 21.9. The van der Waals surface area contributed by atoms with Crippen LogP contribution in [0.25, 0.3) is 11.1 Å². The van der Waals surface area contributed by atoms with Crippen molar-refractivity contribution in [1.82, 2.24) is 0 Å². The van der Waals surface area contributed by atoms with Gasteiger partial charge < -0.3 is 4.90 Å². The van der Waals surface area contributed by atoms with Gasteiger partial charge in [0, 0.05) is 29.8 Å². The molecule has 2 aromatic rings. The Morgan fingerprint density at radius 2 is 1.76 bits per heavy atom. The summed E-state index contributed by atoms with van der Waals surface area (Å²) in [5, 5.41) is 9.13. The van der Waals surface area contributed by atoms with E-state index in [1.807, 2.05) is 6.07 Å². The molecule has 0 aromatic heterocycles. The number of rotatable bonds is 2. The second-order valence-electron chi connectivity index (χ2n) is 5.78. The van der Waals surface area contributed by atoms with Crippen molar-refractivity contribution in [1.29, 1.82) is 5.26 Å². The van der Waals surface area contributed by atoms with Gasteiger partial charge in [0.05, 0.1) is 6.07 Å². The van der Waals surface area contributed by atoms with Gasteiger partial charge in [-0.15, -0.1) is 0 Å². The highest BCUT2D eigenvalue weighted by atomic mass is 15.2. The average molecular weight is 276 g/mol. The molecule has 2 aromatic carbocycles. The van der Waals surface area contributed by atoms with E-state index in [1.54, 1.807) is 0 Å². The Kier molecular flexibility index (Phi) is 3.92. The molecule has 2 nitrogen and oxygen atoms in total. The highest BCUT2D eigenvalue weighted by Gasteiger charge is 2.26. The summed E-state index contributed by atoms with van der Waals surface area (Å²) in [5.74, 6) is 0.208. The van der Waals surface area contributed by atoms with Gasteiger partial charge >= 0.3 is 0 Å². The third-order valence-corrected chi connectivity index (χ3v) is 4.36. The van der Waals surface area contributed by atoms with Gasteiger partial charge in [-0.3, -0.25) is 0 Å². The minimum atomic E-state index is 0.208. The smallest absolute Gasteiger partial charge is 0.0657 e. The van der Waals surface area contributed by atoms with Gasteiger partial charge in [0.15, 0.2) is 0 Å². The van der Waals surface area contributed by atoms with Crippen LogP contribution in [0.5, 0.6) is 0 Å². The minimum absolute atomic E-state index is 0.208. The van der Waals surface area contributed by atoms with E-state index in [0.29, 0.717) is 6.04 Å². The third-order valence-electron chi connectivity index (χ3n) is 4.36. The average Bonchev–Trinajstić information content (AvgIpc) is 2.55. The van der Waals surface area contributed by atoms with Crippen molar-refractivity contribution in [2.45, 2.75) is 25.8 Å². The second-order valence-corrected chi connectivity index (χ2v) is 5.78. The maximum absolute atomic E-state index is 9.13. The SMILES string of the molecule is CC1CC(C#N)CCN1c1ccccc1-c1ccccc1. The Hall–Kier alpha value is -2.27. The standard InChI is InChI=1S/C19H20N2/c1-15-13-16(14-20)11-12-21(15)19-10-6-5-9-18(19)17-7-3-2-4-8-17/h2-10,15-16H,11-13H2,1H3. The van der Waals surface area contributed by atoms with Crippen molar-refractivity contribution < 1.29 is 0 Å². The lowest BCUT2D eigenvalue weighted by Gasteiger charge is -2.38. The predicted molar refractivity (Wildman–Crippen MR) is 87.0 cm³/mol. The van der Waals surface area contributed by atoms with E-state index < -0.39 is 0 Å². The van der Waals surface area contributed by atoms with E-state index in [-0.39, 0.29) is 5.92 Å². The summed E-state index contributed by atoms with van der Waals surface area (Å²) >= 11 is 0. The fourth-order valence-corrected chi connectivity index (χ4v) is 3.23. The van der Waals surface area contributed by atoms with E-state index in [0.717, 1.165) is 19.4 Å². The van der Waals surface area contributed by atoms with Crippen molar-refractivity contribution in [2.24, 2.45) is 5.92 Å². The molecule has 1 saturated heterocycles. The van der Waals surface area contributed by atoms with Gasteiger partial charge in [0.25, 0.3) is 0 Å². The number of hydrogen-bond donors (Lipinski definition) is 0. The summed E-state index contributed by atoms with van der Waals surface area (Å²) < 4.78 is 0. The molecule has 2 heteroatoms. The van der Waals surface area contributed by atoms with Gasteiger partial charge in [0.1, 0.15) is 0 Å². The van der Waals surface area contributed by atoms with Crippen LogP contribution in [0, 0.1) is 17.2 Å². The lowest BCUT2D eigenvalue weighted by atomic mass is 9.91. The highest BCUT2D eigenvalue weighted by Crippen LogP contribution is 2.35. The summed E-state index contributed by atoms with van der Waals surface area (Å²) in [7, 11) is 0. The van der Waals surface area contributed by atoms with Crippen LogP contribution < -0.4 is 4.90 Å². The van der Waals surface area contributed by atoms with E-state index in [2.05, 4.69) is 66.4 Å². The van der Waals surface area contributed by atoms with Crippen LogP contribution >= 0.6 is 0 Å². The van der Waals surface area contributed by atoms with Crippen LogP contribution in [0.2, 0.25) is 0 Å². The quantitative estimate of drug-likeness (QED) is 0.808. The molecule has 0 spiro atoms. The topological polar surface area (TPSA) is 27.0 Å². The number of anilines is 1. The van der Waals surface area contributed by atoms with Crippen LogP contribution in [0.4, 0.5) is 5.69 Å². The molecule has 1 aliphatic heterocycles. The number of piperidine rings is 1. The molecule has 0 radical (unpaired) electrons. The van der Waals surface area contributed by atoms with E-state index in [9.17, 15) is 0 Å². The Morgan fingerprint density at radius 3 is 2.48 bits per heavy atom. The first-order chi connectivity index (χ1) is 10.3. The highest BCUT2D eigenvalue weighted by molar-refractivity contribution is 5.78. The van der Waals surface area contributed by atoms with E-state index >= 15 is 0 Å². The van der Waals surface area contributed by atoms with Gasteiger partial charge in [-0.1, -0.05) is 48.5 Å². The van der Waals surface area contributed by atoms with Crippen molar-refractivity contribution in [3.8, 4) is 17.2 Å².